The predicted octanol–water partition coefficient (Wildman–Crippen LogP) is 1.34. The van der Waals surface area contributed by atoms with Crippen molar-refractivity contribution in [1.82, 2.24) is 25.2 Å². The molecule has 0 spiro atoms. The van der Waals surface area contributed by atoms with Crippen LogP contribution in [0.15, 0.2) is 29.0 Å². The number of aryl methyl sites for hydroxylation is 1. The Hall–Kier alpha value is -2.94. The van der Waals surface area contributed by atoms with Crippen LogP contribution in [0.3, 0.4) is 0 Å². The van der Waals surface area contributed by atoms with Crippen LogP contribution in [0.2, 0.25) is 0 Å². The van der Waals surface area contributed by atoms with Crippen LogP contribution in [0.25, 0.3) is 22.5 Å². The summed E-state index contributed by atoms with van der Waals surface area (Å²) in [4.78, 5) is 19.4. The van der Waals surface area contributed by atoms with Crippen LogP contribution in [-0.2, 0) is 11.3 Å². The van der Waals surface area contributed by atoms with Crippen molar-refractivity contribution in [1.29, 1.82) is 0 Å². The molecule has 0 aliphatic carbocycles. The SMILES string of the molecule is Nc1nc(-c2ccco2)c2cnn(CCCCC(=O)NO)c2n1. The summed E-state index contributed by atoms with van der Waals surface area (Å²) in [6.07, 6.45) is 4.83. The highest BCUT2D eigenvalue weighted by Gasteiger charge is 2.15. The number of carbonyl (C=O) groups is 1. The number of hydrogen-bond acceptors (Lipinski definition) is 7. The number of furan rings is 1. The first kappa shape index (κ1) is 15.0. The number of carbonyl (C=O) groups excluding carboxylic acids is 1. The lowest BCUT2D eigenvalue weighted by atomic mass is 10.2. The van der Waals surface area contributed by atoms with Gasteiger partial charge in [0.05, 0.1) is 17.8 Å². The molecule has 0 aliphatic heterocycles. The van der Waals surface area contributed by atoms with Gasteiger partial charge in [-0.3, -0.25) is 10.0 Å². The molecule has 0 aromatic carbocycles. The fourth-order valence-electron chi connectivity index (χ4n) is 2.34. The monoisotopic (exact) mass is 316 g/mol. The highest BCUT2D eigenvalue weighted by atomic mass is 16.5. The highest BCUT2D eigenvalue weighted by molar-refractivity contribution is 5.89. The van der Waals surface area contributed by atoms with E-state index >= 15 is 0 Å². The zero-order valence-electron chi connectivity index (χ0n) is 12.3. The van der Waals surface area contributed by atoms with Gasteiger partial charge in [-0.1, -0.05) is 0 Å². The summed E-state index contributed by atoms with van der Waals surface area (Å²) in [5.74, 6) is 0.343. The molecule has 3 aromatic rings. The summed E-state index contributed by atoms with van der Waals surface area (Å²) in [6.45, 7) is 0.580. The topological polar surface area (TPSA) is 132 Å². The molecule has 0 saturated heterocycles. The van der Waals surface area contributed by atoms with E-state index in [2.05, 4.69) is 15.1 Å². The molecule has 120 valence electrons. The second kappa shape index (κ2) is 6.44. The molecule has 1 amide bonds. The molecule has 9 heteroatoms. The van der Waals surface area contributed by atoms with Gasteiger partial charge in [-0.05, 0) is 25.0 Å². The molecule has 0 fully saturated rings. The van der Waals surface area contributed by atoms with Crippen LogP contribution < -0.4 is 11.2 Å². The van der Waals surface area contributed by atoms with Crippen molar-refractivity contribution in [3.8, 4) is 11.5 Å². The van der Waals surface area contributed by atoms with E-state index < -0.39 is 5.91 Å². The van der Waals surface area contributed by atoms with Gasteiger partial charge in [0.15, 0.2) is 11.4 Å². The first-order valence-corrected chi connectivity index (χ1v) is 7.15. The van der Waals surface area contributed by atoms with Gasteiger partial charge >= 0.3 is 0 Å². The number of unbranched alkanes of at least 4 members (excludes halogenated alkanes) is 1. The molecule has 9 nitrogen and oxygen atoms in total. The number of nitrogens with two attached hydrogens (primary N) is 1. The van der Waals surface area contributed by atoms with Gasteiger partial charge in [0, 0.05) is 13.0 Å². The van der Waals surface area contributed by atoms with Crippen LogP contribution in [0.5, 0.6) is 0 Å². The van der Waals surface area contributed by atoms with E-state index in [0.717, 1.165) is 5.39 Å². The second-order valence-corrected chi connectivity index (χ2v) is 5.00. The number of amides is 1. The van der Waals surface area contributed by atoms with E-state index in [1.165, 1.54) is 0 Å². The van der Waals surface area contributed by atoms with Gasteiger partial charge in [0.25, 0.3) is 0 Å². The molecule has 0 saturated carbocycles. The van der Waals surface area contributed by atoms with Crippen molar-refractivity contribution in [3.63, 3.8) is 0 Å². The van der Waals surface area contributed by atoms with Gasteiger partial charge in [-0.15, -0.1) is 0 Å². The Kier molecular flexibility index (Phi) is 4.20. The van der Waals surface area contributed by atoms with Gasteiger partial charge in [0.2, 0.25) is 11.9 Å². The van der Waals surface area contributed by atoms with Crippen LogP contribution in [0.4, 0.5) is 5.95 Å². The maximum atomic E-state index is 11.0. The standard InChI is InChI=1S/C14H16N6O3/c15-14-17-12(10-4-3-7-23-10)9-8-16-20(13(9)18-14)6-2-1-5-11(21)19-22/h3-4,7-8,22H,1-2,5-6H2,(H,19,21)(H2,15,17,18). The number of anilines is 1. The van der Waals surface area contributed by atoms with E-state index in [1.54, 1.807) is 34.8 Å². The predicted molar refractivity (Wildman–Crippen MR) is 81.2 cm³/mol. The van der Waals surface area contributed by atoms with Crippen LogP contribution in [0.1, 0.15) is 19.3 Å². The van der Waals surface area contributed by atoms with Crippen molar-refractivity contribution in [2.45, 2.75) is 25.8 Å². The Labute approximate surface area is 131 Å². The lowest BCUT2D eigenvalue weighted by molar-refractivity contribution is -0.129. The fraction of sp³-hybridized carbons (Fsp3) is 0.286. The highest BCUT2D eigenvalue weighted by Crippen LogP contribution is 2.27. The summed E-state index contributed by atoms with van der Waals surface area (Å²) < 4.78 is 7.10. The van der Waals surface area contributed by atoms with Crippen molar-refractivity contribution in [2.75, 3.05) is 5.73 Å². The Morgan fingerprint density at radius 1 is 1.39 bits per heavy atom. The molecule has 0 atom stereocenters. The van der Waals surface area contributed by atoms with Gasteiger partial charge in [-0.2, -0.15) is 10.1 Å². The molecule has 23 heavy (non-hydrogen) atoms. The zero-order chi connectivity index (χ0) is 16.2. The molecule has 3 heterocycles. The zero-order valence-corrected chi connectivity index (χ0v) is 12.3. The number of fused-ring (bicyclic) bond motifs is 1. The third kappa shape index (κ3) is 3.14. The lowest BCUT2D eigenvalue weighted by Crippen LogP contribution is -2.18. The van der Waals surface area contributed by atoms with Crippen LogP contribution in [0, 0.1) is 0 Å². The quantitative estimate of drug-likeness (QED) is 0.355. The first-order valence-electron chi connectivity index (χ1n) is 7.15. The number of rotatable bonds is 6. The molecular formula is C14H16N6O3. The van der Waals surface area contributed by atoms with E-state index in [1.807, 2.05) is 0 Å². The number of nitrogens with one attached hydrogen (secondary N) is 1. The maximum absolute atomic E-state index is 11.0. The van der Waals surface area contributed by atoms with Crippen LogP contribution in [-0.4, -0.2) is 30.9 Å². The number of nitrogen functional groups attached to an aromatic ring is 1. The molecule has 0 unspecified atom stereocenters. The van der Waals surface area contributed by atoms with E-state index in [4.69, 9.17) is 15.4 Å². The minimum Gasteiger partial charge on any atom is -0.463 e. The fourth-order valence-corrected chi connectivity index (χ4v) is 2.34. The van der Waals surface area contributed by atoms with Crippen molar-refractivity contribution >= 4 is 22.9 Å². The van der Waals surface area contributed by atoms with Crippen molar-refractivity contribution in [2.24, 2.45) is 0 Å². The Bertz CT molecular complexity index is 811. The van der Waals surface area contributed by atoms with E-state index in [-0.39, 0.29) is 12.4 Å². The van der Waals surface area contributed by atoms with E-state index in [9.17, 15) is 4.79 Å². The van der Waals surface area contributed by atoms with Crippen LogP contribution >= 0.6 is 0 Å². The smallest absolute Gasteiger partial charge is 0.243 e. The molecule has 3 aromatic heterocycles. The Morgan fingerprint density at radius 2 is 2.26 bits per heavy atom. The minimum absolute atomic E-state index is 0.144. The Morgan fingerprint density at radius 3 is 3.00 bits per heavy atom. The third-order valence-electron chi connectivity index (χ3n) is 3.42. The Balaban J connectivity index is 1.82. The molecule has 0 bridgehead atoms. The number of hydroxylamine groups is 1. The lowest BCUT2D eigenvalue weighted by Gasteiger charge is -2.04. The molecule has 3 rings (SSSR count). The molecule has 4 N–H and O–H groups in total. The number of aromatic nitrogens is 4. The summed E-state index contributed by atoms with van der Waals surface area (Å²) >= 11 is 0. The molecule has 0 radical (unpaired) electrons. The summed E-state index contributed by atoms with van der Waals surface area (Å²) in [7, 11) is 0. The first-order chi connectivity index (χ1) is 11.2. The molecule has 0 aliphatic rings. The van der Waals surface area contributed by atoms with Crippen molar-refractivity contribution < 1.29 is 14.4 Å². The third-order valence-corrected chi connectivity index (χ3v) is 3.42. The number of hydrogen-bond donors (Lipinski definition) is 3. The summed E-state index contributed by atoms with van der Waals surface area (Å²) in [5.41, 5.74) is 8.62. The maximum Gasteiger partial charge on any atom is 0.243 e. The normalized spacial score (nSPS) is 11.0. The summed E-state index contributed by atoms with van der Waals surface area (Å²) in [5, 5.41) is 13.5. The number of nitrogens with zero attached hydrogens (tertiary/aromatic N) is 4. The van der Waals surface area contributed by atoms with Gasteiger partial charge < -0.3 is 10.2 Å². The van der Waals surface area contributed by atoms with Crippen molar-refractivity contribution in [3.05, 3.63) is 24.6 Å². The summed E-state index contributed by atoms with van der Waals surface area (Å²) in [6, 6.07) is 3.57. The van der Waals surface area contributed by atoms with E-state index in [0.29, 0.717) is 36.5 Å². The average molecular weight is 316 g/mol. The van der Waals surface area contributed by atoms with Gasteiger partial charge in [-0.25, -0.2) is 15.1 Å². The second-order valence-electron chi connectivity index (χ2n) is 5.00. The minimum atomic E-state index is -0.401. The average Bonchev–Trinajstić information content (AvgIpc) is 3.20. The van der Waals surface area contributed by atoms with Gasteiger partial charge in [0.1, 0.15) is 5.69 Å². The largest absolute Gasteiger partial charge is 0.463 e. The molecular weight excluding hydrogens is 300 g/mol.